The molecule has 2 nitrogen and oxygen atoms in total. The van der Waals surface area contributed by atoms with E-state index in [0.717, 1.165) is 0 Å². The van der Waals surface area contributed by atoms with Crippen LogP contribution in [-0.2, 0) is 13.2 Å². The summed E-state index contributed by atoms with van der Waals surface area (Å²) in [5.74, 6) is 0.196. The molecule has 0 aliphatic carbocycles. The van der Waals surface area contributed by atoms with Crippen LogP contribution in [0.3, 0.4) is 0 Å². The van der Waals surface area contributed by atoms with Crippen LogP contribution in [0.15, 0.2) is 42.5 Å². The lowest BCUT2D eigenvalue weighted by Gasteiger charge is -2.10. The Bertz CT molecular complexity index is 543. The van der Waals surface area contributed by atoms with Gasteiger partial charge in [-0.05, 0) is 24.3 Å². The average molecular weight is 267 g/mol. The molecule has 0 saturated carbocycles. The third-order valence-corrected chi connectivity index (χ3v) is 2.77. The molecule has 0 amide bonds. The van der Waals surface area contributed by atoms with Gasteiger partial charge in [-0.3, -0.25) is 0 Å². The molecule has 0 heterocycles. The fraction of sp³-hybridized carbons (Fsp3) is 0.143. The van der Waals surface area contributed by atoms with E-state index in [4.69, 9.17) is 16.3 Å². The number of aliphatic hydroxyl groups is 1. The van der Waals surface area contributed by atoms with Gasteiger partial charge in [-0.15, -0.1) is 0 Å². The van der Waals surface area contributed by atoms with E-state index in [1.54, 1.807) is 36.4 Å². The number of ether oxygens (including phenoxy) is 1. The molecule has 18 heavy (non-hydrogen) atoms. The molecule has 2 aromatic carbocycles. The summed E-state index contributed by atoms with van der Waals surface area (Å²) in [7, 11) is 0. The van der Waals surface area contributed by atoms with Gasteiger partial charge in [-0.2, -0.15) is 0 Å². The second kappa shape index (κ2) is 5.85. The Morgan fingerprint density at radius 3 is 2.61 bits per heavy atom. The van der Waals surface area contributed by atoms with E-state index >= 15 is 0 Å². The van der Waals surface area contributed by atoms with Crippen LogP contribution < -0.4 is 4.74 Å². The summed E-state index contributed by atoms with van der Waals surface area (Å²) in [5, 5.41) is 9.71. The van der Waals surface area contributed by atoms with Crippen molar-refractivity contribution in [2.75, 3.05) is 0 Å². The summed E-state index contributed by atoms with van der Waals surface area (Å²) in [6.45, 7) is -0.0610. The summed E-state index contributed by atoms with van der Waals surface area (Å²) < 4.78 is 18.9. The van der Waals surface area contributed by atoms with Crippen LogP contribution in [-0.4, -0.2) is 5.11 Å². The van der Waals surface area contributed by atoms with Crippen LogP contribution in [0.25, 0.3) is 0 Å². The molecule has 1 N–H and O–H groups in total. The maximum Gasteiger partial charge on any atom is 0.129 e. The molecular weight excluding hydrogens is 255 g/mol. The van der Waals surface area contributed by atoms with Crippen molar-refractivity contribution in [1.82, 2.24) is 0 Å². The van der Waals surface area contributed by atoms with Crippen molar-refractivity contribution in [2.45, 2.75) is 13.2 Å². The molecule has 0 fully saturated rings. The second-order valence-electron chi connectivity index (χ2n) is 3.79. The van der Waals surface area contributed by atoms with Crippen molar-refractivity contribution in [3.8, 4) is 5.75 Å². The molecule has 0 spiro atoms. The van der Waals surface area contributed by atoms with Gasteiger partial charge in [0.25, 0.3) is 0 Å². The molecule has 2 rings (SSSR count). The zero-order valence-electron chi connectivity index (χ0n) is 9.57. The molecule has 4 heteroatoms. The normalized spacial score (nSPS) is 10.4. The third-order valence-electron chi connectivity index (χ3n) is 2.53. The molecule has 0 radical (unpaired) electrons. The van der Waals surface area contributed by atoms with Gasteiger partial charge in [0.1, 0.15) is 18.2 Å². The molecule has 0 aliphatic rings. The number of halogens is 2. The van der Waals surface area contributed by atoms with E-state index in [9.17, 15) is 9.50 Å². The first-order valence-electron chi connectivity index (χ1n) is 5.46. The Kier molecular flexibility index (Phi) is 4.18. The van der Waals surface area contributed by atoms with Crippen LogP contribution in [0.1, 0.15) is 11.1 Å². The van der Waals surface area contributed by atoms with Gasteiger partial charge in [0.2, 0.25) is 0 Å². The van der Waals surface area contributed by atoms with Crippen molar-refractivity contribution < 1.29 is 14.2 Å². The lowest BCUT2D eigenvalue weighted by Crippen LogP contribution is -2.00. The van der Waals surface area contributed by atoms with Crippen molar-refractivity contribution in [1.29, 1.82) is 0 Å². The first kappa shape index (κ1) is 12.9. The van der Waals surface area contributed by atoms with Crippen LogP contribution in [0.5, 0.6) is 5.75 Å². The maximum atomic E-state index is 13.4. The highest BCUT2D eigenvalue weighted by Crippen LogP contribution is 2.24. The highest BCUT2D eigenvalue weighted by atomic mass is 35.5. The van der Waals surface area contributed by atoms with Crippen LogP contribution in [0.2, 0.25) is 5.02 Å². The monoisotopic (exact) mass is 266 g/mol. The minimum absolute atomic E-state index is 0.112. The average Bonchev–Trinajstić information content (AvgIpc) is 2.39. The van der Waals surface area contributed by atoms with Crippen molar-refractivity contribution >= 4 is 11.6 Å². The Labute approximate surface area is 110 Å². The Balaban J connectivity index is 2.13. The highest BCUT2D eigenvalue weighted by Gasteiger charge is 2.06. The Hall–Kier alpha value is -1.58. The SMILES string of the molecule is OCc1cc(Cl)ccc1OCc1ccccc1F. The predicted octanol–water partition coefficient (Wildman–Crippen LogP) is 3.55. The maximum absolute atomic E-state index is 13.4. The molecule has 0 atom stereocenters. The summed E-state index contributed by atoms with van der Waals surface area (Å²) in [6.07, 6.45) is 0. The van der Waals surface area contributed by atoms with Crippen molar-refractivity contribution in [3.05, 3.63) is 64.4 Å². The van der Waals surface area contributed by atoms with Gasteiger partial charge in [0.05, 0.1) is 6.61 Å². The molecule has 0 unspecified atom stereocenters. The molecule has 0 bridgehead atoms. The van der Waals surface area contributed by atoms with Gasteiger partial charge < -0.3 is 9.84 Å². The van der Waals surface area contributed by atoms with E-state index < -0.39 is 0 Å². The minimum Gasteiger partial charge on any atom is -0.488 e. The second-order valence-corrected chi connectivity index (χ2v) is 4.23. The molecule has 0 aliphatic heterocycles. The highest BCUT2D eigenvalue weighted by molar-refractivity contribution is 6.30. The summed E-state index contributed by atoms with van der Waals surface area (Å²) in [6, 6.07) is 11.4. The topological polar surface area (TPSA) is 29.5 Å². The van der Waals surface area contributed by atoms with Crippen molar-refractivity contribution in [2.24, 2.45) is 0 Å². The van der Waals surface area contributed by atoms with Crippen molar-refractivity contribution in [3.63, 3.8) is 0 Å². The zero-order valence-corrected chi connectivity index (χ0v) is 10.3. The molecule has 2 aromatic rings. The number of hydrogen-bond donors (Lipinski definition) is 1. The van der Waals surface area contributed by atoms with Crippen LogP contribution in [0.4, 0.5) is 4.39 Å². The van der Waals surface area contributed by atoms with Gasteiger partial charge in [-0.1, -0.05) is 29.8 Å². The van der Waals surface area contributed by atoms with E-state index in [1.165, 1.54) is 6.07 Å². The van der Waals surface area contributed by atoms with E-state index in [2.05, 4.69) is 0 Å². The number of aliphatic hydroxyl groups excluding tert-OH is 1. The summed E-state index contributed by atoms with van der Waals surface area (Å²) >= 11 is 5.81. The third kappa shape index (κ3) is 3.00. The van der Waals surface area contributed by atoms with E-state index in [1.807, 2.05) is 0 Å². The lowest BCUT2D eigenvalue weighted by atomic mass is 10.2. The smallest absolute Gasteiger partial charge is 0.129 e. The lowest BCUT2D eigenvalue weighted by molar-refractivity contribution is 0.257. The fourth-order valence-corrected chi connectivity index (χ4v) is 1.78. The van der Waals surface area contributed by atoms with Crippen LogP contribution in [0, 0.1) is 5.82 Å². The van der Waals surface area contributed by atoms with E-state index in [0.29, 0.717) is 21.9 Å². The van der Waals surface area contributed by atoms with Gasteiger partial charge in [-0.25, -0.2) is 4.39 Å². The predicted molar refractivity (Wildman–Crippen MR) is 68.1 cm³/mol. The van der Waals surface area contributed by atoms with Gasteiger partial charge in [0.15, 0.2) is 0 Å². The number of hydrogen-bond acceptors (Lipinski definition) is 2. The number of rotatable bonds is 4. The molecule has 0 aromatic heterocycles. The molecule has 0 saturated heterocycles. The molecular formula is C14H12ClFO2. The Morgan fingerprint density at radius 2 is 1.89 bits per heavy atom. The first-order valence-corrected chi connectivity index (χ1v) is 5.84. The quantitative estimate of drug-likeness (QED) is 0.917. The number of benzene rings is 2. The fourth-order valence-electron chi connectivity index (χ4n) is 1.58. The zero-order chi connectivity index (χ0) is 13.0. The molecule has 94 valence electrons. The summed E-state index contributed by atoms with van der Waals surface area (Å²) in [5.41, 5.74) is 1.05. The standard InChI is InChI=1S/C14H12ClFO2/c15-12-5-6-14(11(7-12)8-17)18-9-10-3-1-2-4-13(10)16/h1-7,17H,8-9H2. The summed E-state index contributed by atoms with van der Waals surface area (Å²) in [4.78, 5) is 0. The van der Waals surface area contributed by atoms with Crippen LogP contribution >= 0.6 is 11.6 Å². The van der Waals surface area contributed by atoms with E-state index in [-0.39, 0.29) is 19.0 Å². The minimum atomic E-state index is -0.308. The van der Waals surface area contributed by atoms with Gasteiger partial charge in [0, 0.05) is 16.1 Å². The van der Waals surface area contributed by atoms with Gasteiger partial charge >= 0.3 is 0 Å². The Morgan fingerprint density at radius 1 is 1.11 bits per heavy atom. The largest absolute Gasteiger partial charge is 0.488 e. The first-order chi connectivity index (χ1) is 8.70.